The van der Waals surface area contributed by atoms with Gasteiger partial charge in [-0.15, -0.1) is 0 Å². The molecule has 1 saturated heterocycles. The van der Waals surface area contributed by atoms with Crippen LogP contribution < -0.4 is 11.2 Å². The molecule has 0 aromatic carbocycles. The Morgan fingerprint density at radius 1 is 1.58 bits per heavy atom. The smallest absolute Gasteiger partial charge is 0.330 e. The number of azide groups is 1. The molecule has 11 nitrogen and oxygen atoms in total. The van der Waals surface area contributed by atoms with Crippen LogP contribution in [-0.2, 0) is 14.3 Å². The van der Waals surface area contributed by atoms with E-state index in [1.165, 1.54) is 13.1 Å². The number of aliphatic hydroxyl groups excluding tert-OH is 1. The second-order valence-electron chi connectivity index (χ2n) is 5.28. The molecule has 1 aliphatic heterocycles. The Morgan fingerprint density at radius 2 is 2.33 bits per heavy atom. The van der Waals surface area contributed by atoms with E-state index in [0.29, 0.717) is 0 Å². The van der Waals surface area contributed by atoms with Crippen LogP contribution in [0.5, 0.6) is 0 Å². The van der Waals surface area contributed by atoms with Gasteiger partial charge in [-0.2, -0.15) is 0 Å². The molecule has 0 spiro atoms. The van der Waals surface area contributed by atoms with Crippen LogP contribution in [0.3, 0.4) is 0 Å². The minimum atomic E-state index is -1.11. The molecule has 0 unspecified atom stereocenters. The van der Waals surface area contributed by atoms with Crippen LogP contribution >= 0.6 is 0 Å². The predicted octanol–water partition coefficient (Wildman–Crippen LogP) is -0.325. The van der Waals surface area contributed by atoms with Crippen molar-refractivity contribution in [1.29, 1.82) is 0 Å². The van der Waals surface area contributed by atoms with Crippen LogP contribution in [0.25, 0.3) is 10.4 Å². The van der Waals surface area contributed by atoms with Crippen molar-refractivity contribution < 1.29 is 19.4 Å². The first kappa shape index (κ1) is 17.7. The lowest BCUT2D eigenvalue weighted by molar-refractivity contribution is -0.141. The molecule has 2 rings (SSSR count). The number of rotatable bonds is 6. The molecule has 0 bridgehead atoms. The third-order valence-electron chi connectivity index (χ3n) is 3.73. The number of H-pyrrole nitrogens is 1. The van der Waals surface area contributed by atoms with E-state index in [4.69, 9.17) is 15.0 Å². The van der Waals surface area contributed by atoms with Gasteiger partial charge in [0.15, 0.2) is 6.23 Å². The van der Waals surface area contributed by atoms with Crippen molar-refractivity contribution in [2.45, 2.75) is 31.8 Å². The molecule has 1 aromatic heterocycles. The second-order valence-corrected chi connectivity index (χ2v) is 5.28. The van der Waals surface area contributed by atoms with Crippen molar-refractivity contribution in [2.24, 2.45) is 11.0 Å². The summed E-state index contributed by atoms with van der Waals surface area (Å²) in [7, 11) is 0. The maximum absolute atomic E-state index is 11.9. The highest BCUT2D eigenvalue weighted by atomic mass is 16.5. The summed E-state index contributed by atoms with van der Waals surface area (Å²) in [6, 6.07) is 1.13. The first-order chi connectivity index (χ1) is 11.4. The molecule has 1 fully saturated rings. The number of aliphatic hydroxyl groups is 1. The molecule has 11 heteroatoms. The van der Waals surface area contributed by atoms with E-state index in [1.54, 1.807) is 0 Å². The molecule has 0 radical (unpaired) electrons. The maximum Gasteiger partial charge on any atom is 0.330 e. The summed E-state index contributed by atoms with van der Waals surface area (Å²) in [4.78, 5) is 38.6. The van der Waals surface area contributed by atoms with Gasteiger partial charge in [0, 0.05) is 30.0 Å². The monoisotopic (exact) mass is 339 g/mol. The van der Waals surface area contributed by atoms with E-state index in [0.717, 1.165) is 10.6 Å². The SMILES string of the molecule is CC(=O)OCC[C@H]1[C@@H](O)[C@H](n2ccc(=O)[nH]c2=O)O[C@@H]1CN=[N+]=[N-]. The van der Waals surface area contributed by atoms with Gasteiger partial charge in [0.05, 0.1) is 19.3 Å². The molecule has 2 N–H and O–H groups in total. The Labute approximate surface area is 135 Å². The van der Waals surface area contributed by atoms with Gasteiger partial charge in [-0.25, -0.2) is 4.79 Å². The molecular formula is C13H17N5O6. The first-order valence-electron chi connectivity index (χ1n) is 7.23. The van der Waals surface area contributed by atoms with E-state index < -0.39 is 41.6 Å². The molecule has 1 aliphatic rings. The summed E-state index contributed by atoms with van der Waals surface area (Å²) in [5, 5.41) is 13.9. The largest absolute Gasteiger partial charge is 0.466 e. The Morgan fingerprint density at radius 3 is 2.96 bits per heavy atom. The summed E-state index contributed by atoms with van der Waals surface area (Å²) < 4.78 is 11.6. The van der Waals surface area contributed by atoms with E-state index >= 15 is 0 Å². The summed E-state index contributed by atoms with van der Waals surface area (Å²) >= 11 is 0. The number of ether oxygens (including phenoxy) is 2. The number of hydrogen-bond donors (Lipinski definition) is 2. The Kier molecular flexibility index (Phi) is 5.74. The van der Waals surface area contributed by atoms with Crippen LogP contribution in [-0.4, -0.2) is 46.0 Å². The number of nitrogens with zero attached hydrogens (tertiary/aromatic N) is 4. The molecule has 130 valence electrons. The number of carbonyl (C=O) groups is 1. The summed E-state index contributed by atoms with van der Waals surface area (Å²) in [5.74, 6) is -0.970. The fourth-order valence-electron chi connectivity index (χ4n) is 2.64. The van der Waals surface area contributed by atoms with Crippen LogP contribution in [0.15, 0.2) is 27.0 Å². The van der Waals surface area contributed by atoms with Gasteiger partial charge in [0.25, 0.3) is 5.56 Å². The van der Waals surface area contributed by atoms with Gasteiger partial charge in [-0.1, -0.05) is 5.11 Å². The normalized spacial score (nSPS) is 25.9. The summed E-state index contributed by atoms with van der Waals surface area (Å²) in [6.45, 7) is 1.27. The van der Waals surface area contributed by atoms with Crippen LogP contribution in [0.4, 0.5) is 0 Å². The number of aromatic nitrogens is 2. The van der Waals surface area contributed by atoms with Crippen LogP contribution in [0, 0.1) is 5.92 Å². The Bertz CT molecular complexity index is 752. The highest BCUT2D eigenvalue weighted by molar-refractivity contribution is 5.65. The third kappa shape index (κ3) is 4.02. The molecule has 0 amide bonds. The first-order valence-corrected chi connectivity index (χ1v) is 7.23. The molecule has 0 aliphatic carbocycles. The fourth-order valence-corrected chi connectivity index (χ4v) is 2.64. The minimum absolute atomic E-state index is 0.0487. The van der Waals surface area contributed by atoms with E-state index in [9.17, 15) is 19.5 Å². The minimum Gasteiger partial charge on any atom is -0.466 e. The van der Waals surface area contributed by atoms with E-state index in [2.05, 4.69) is 15.0 Å². The highest BCUT2D eigenvalue weighted by Gasteiger charge is 2.44. The van der Waals surface area contributed by atoms with Crippen LogP contribution in [0.2, 0.25) is 0 Å². The van der Waals surface area contributed by atoms with E-state index in [1.807, 2.05) is 0 Å². The summed E-state index contributed by atoms with van der Waals surface area (Å²) in [5.41, 5.74) is 7.17. The zero-order valence-corrected chi connectivity index (χ0v) is 12.9. The zero-order chi connectivity index (χ0) is 17.7. The maximum atomic E-state index is 11.9. The molecule has 4 atom stereocenters. The topological polar surface area (TPSA) is 159 Å². The Balaban J connectivity index is 2.21. The second kappa shape index (κ2) is 7.77. The van der Waals surface area contributed by atoms with E-state index in [-0.39, 0.29) is 19.6 Å². The number of nitrogens with one attached hydrogen (secondary N) is 1. The number of hydrogen-bond acceptors (Lipinski definition) is 7. The molecule has 1 aromatic rings. The van der Waals surface area contributed by atoms with Crippen molar-refractivity contribution in [3.63, 3.8) is 0 Å². The average molecular weight is 339 g/mol. The predicted molar refractivity (Wildman–Crippen MR) is 80.0 cm³/mol. The molecule has 24 heavy (non-hydrogen) atoms. The lowest BCUT2D eigenvalue weighted by atomic mass is 9.94. The van der Waals surface area contributed by atoms with Crippen molar-refractivity contribution in [3.05, 3.63) is 43.5 Å². The quantitative estimate of drug-likeness (QED) is 0.312. The van der Waals surface area contributed by atoms with Gasteiger partial charge >= 0.3 is 11.7 Å². The van der Waals surface area contributed by atoms with Gasteiger partial charge in [0.1, 0.15) is 6.10 Å². The number of esters is 1. The van der Waals surface area contributed by atoms with Gasteiger partial charge in [-0.3, -0.25) is 19.1 Å². The number of aromatic amines is 1. The van der Waals surface area contributed by atoms with Crippen molar-refractivity contribution in [3.8, 4) is 0 Å². The van der Waals surface area contributed by atoms with Gasteiger partial charge in [0.2, 0.25) is 0 Å². The standard InChI is InChI=1S/C13H17N5O6/c1-7(19)23-5-3-8-9(6-15-17-14)24-12(11(8)21)18-4-2-10(20)16-13(18)22/h2,4,8-9,11-12,21H,3,5-6H2,1H3,(H,16,20,22)/t8-,9-,11-,12-/m1/s1. The van der Waals surface area contributed by atoms with Crippen molar-refractivity contribution in [2.75, 3.05) is 13.2 Å². The average Bonchev–Trinajstić information content (AvgIpc) is 2.82. The number of carbonyl (C=O) groups excluding carboxylic acids is 1. The molecule has 2 heterocycles. The highest BCUT2D eigenvalue weighted by Crippen LogP contribution is 2.35. The lowest BCUT2D eigenvalue weighted by Crippen LogP contribution is -2.36. The summed E-state index contributed by atoms with van der Waals surface area (Å²) in [6.07, 6.45) is -1.33. The molecule has 0 saturated carbocycles. The van der Waals surface area contributed by atoms with Gasteiger partial charge < -0.3 is 14.6 Å². The molecular weight excluding hydrogens is 322 g/mol. The van der Waals surface area contributed by atoms with Crippen molar-refractivity contribution in [1.82, 2.24) is 9.55 Å². The lowest BCUT2D eigenvalue weighted by Gasteiger charge is -2.19. The third-order valence-corrected chi connectivity index (χ3v) is 3.73. The van der Waals surface area contributed by atoms with Gasteiger partial charge in [-0.05, 0) is 12.0 Å². The fraction of sp³-hybridized carbons (Fsp3) is 0.615. The zero-order valence-electron chi connectivity index (χ0n) is 12.9. The Hall–Kier alpha value is -2.62. The van der Waals surface area contributed by atoms with Crippen molar-refractivity contribution >= 4 is 5.97 Å². The van der Waals surface area contributed by atoms with Crippen LogP contribution in [0.1, 0.15) is 19.6 Å².